The molecule has 2 heterocycles. The number of anilines is 1. The number of fused-ring (bicyclic) bond motifs is 1. The van der Waals surface area contributed by atoms with Gasteiger partial charge in [-0.1, -0.05) is 0 Å². The minimum Gasteiger partial charge on any atom is -0.454 e. The molecule has 88 valence electrons. The van der Waals surface area contributed by atoms with Gasteiger partial charge in [0.25, 0.3) is 0 Å². The van der Waals surface area contributed by atoms with E-state index in [1.165, 1.54) is 10.7 Å². The first-order valence-electron chi connectivity index (χ1n) is 5.04. The van der Waals surface area contributed by atoms with Crippen molar-refractivity contribution in [1.29, 1.82) is 0 Å². The van der Waals surface area contributed by atoms with Crippen molar-refractivity contribution in [2.24, 2.45) is 7.05 Å². The quantitative estimate of drug-likeness (QED) is 0.814. The van der Waals surface area contributed by atoms with Gasteiger partial charge in [-0.05, 0) is 6.07 Å². The summed E-state index contributed by atoms with van der Waals surface area (Å²) in [4.78, 5) is 0. The van der Waals surface area contributed by atoms with E-state index in [1.54, 1.807) is 19.2 Å². The highest BCUT2D eigenvalue weighted by Gasteiger charge is 2.19. The molecule has 1 aromatic carbocycles. The average Bonchev–Trinajstić information content (AvgIpc) is 2.85. The van der Waals surface area contributed by atoms with Gasteiger partial charge in [0.05, 0.1) is 5.69 Å². The molecule has 0 amide bonds. The molecular weight excluding hydrogens is 225 g/mol. The van der Waals surface area contributed by atoms with E-state index in [0.717, 1.165) is 0 Å². The van der Waals surface area contributed by atoms with Gasteiger partial charge in [0.2, 0.25) is 6.79 Å². The van der Waals surface area contributed by atoms with Crippen molar-refractivity contribution in [2.75, 3.05) is 12.5 Å². The van der Waals surface area contributed by atoms with Gasteiger partial charge in [-0.2, -0.15) is 5.10 Å². The van der Waals surface area contributed by atoms with Crippen LogP contribution in [0.5, 0.6) is 11.5 Å². The zero-order valence-electron chi connectivity index (χ0n) is 9.11. The fourth-order valence-electron chi connectivity index (χ4n) is 1.73. The molecule has 0 saturated heterocycles. The van der Waals surface area contributed by atoms with Gasteiger partial charge >= 0.3 is 0 Å². The maximum atomic E-state index is 13.8. The van der Waals surface area contributed by atoms with Crippen molar-refractivity contribution in [3.8, 4) is 22.8 Å². The van der Waals surface area contributed by atoms with Gasteiger partial charge in [0.1, 0.15) is 11.6 Å². The molecule has 0 fully saturated rings. The number of ether oxygens (including phenoxy) is 2. The Kier molecular flexibility index (Phi) is 1.98. The Morgan fingerprint density at radius 3 is 2.65 bits per heavy atom. The Morgan fingerprint density at radius 2 is 2.00 bits per heavy atom. The SMILES string of the molecule is Cn1nc(-c2cc3c(cc2F)OCO3)cc1N. The van der Waals surface area contributed by atoms with E-state index >= 15 is 0 Å². The van der Waals surface area contributed by atoms with Crippen LogP contribution < -0.4 is 15.2 Å². The first-order chi connectivity index (χ1) is 8.15. The maximum absolute atomic E-state index is 13.8. The number of nitrogen functional groups attached to an aromatic ring is 1. The Labute approximate surface area is 96.6 Å². The molecule has 17 heavy (non-hydrogen) atoms. The molecule has 3 rings (SSSR count). The predicted molar refractivity (Wildman–Crippen MR) is 59.1 cm³/mol. The number of benzene rings is 1. The first kappa shape index (κ1) is 9.95. The fourth-order valence-corrected chi connectivity index (χ4v) is 1.73. The number of halogens is 1. The van der Waals surface area contributed by atoms with Crippen LogP contribution in [0.2, 0.25) is 0 Å². The monoisotopic (exact) mass is 235 g/mol. The molecule has 0 atom stereocenters. The maximum Gasteiger partial charge on any atom is 0.231 e. The molecule has 0 unspecified atom stereocenters. The smallest absolute Gasteiger partial charge is 0.231 e. The average molecular weight is 235 g/mol. The van der Waals surface area contributed by atoms with Crippen molar-refractivity contribution in [1.82, 2.24) is 9.78 Å². The molecule has 0 saturated carbocycles. The standard InChI is InChI=1S/C11H10FN3O2/c1-15-11(13)4-8(14-15)6-2-9-10(3-7(6)12)17-5-16-9/h2-4H,5,13H2,1H3. The van der Waals surface area contributed by atoms with Crippen molar-refractivity contribution < 1.29 is 13.9 Å². The number of hydrogen-bond donors (Lipinski definition) is 1. The van der Waals surface area contributed by atoms with Crippen LogP contribution in [0, 0.1) is 5.82 Å². The Morgan fingerprint density at radius 1 is 1.29 bits per heavy atom. The summed E-state index contributed by atoms with van der Waals surface area (Å²) in [6, 6.07) is 4.47. The second-order valence-corrected chi connectivity index (χ2v) is 3.76. The molecule has 1 aliphatic rings. The lowest BCUT2D eigenvalue weighted by atomic mass is 10.1. The summed E-state index contributed by atoms with van der Waals surface area (Å²) in [7, 11) is 1.70. The summed E-state index contributed by atoms with van der Waals surface area (Å²) in [5, 5.41) is 4.12. The molecule has 0 aliphatic carbocycles. The highest BCUT2D eigenvalue weighted by atomic mass is 19.1. The number of nitrogens with two attached hydrogens (primary N) is 1. The van der Waals surface area contributed by atoms with Crippen molar-refractivity contribution in [2.45, 2.75) is 0 Å². The van der Waals surface area contributed by atoms with E-state index in [2.05, 4.69) is 5.10 Å². The van der Waals surface area contributed by atoms with Gasteiger partial charge in [0.15, 0.2) is 11.5 Å². The van der Waals surface area contributed by atoms with E-state index in [0.29, 0.717) is 28.6 Å². The molecule has 1 aliphatic heterocycles. The van der Waals surface area contributed by atoms with Crippen LogP contribution in [0.4, 0.5) is 10.2 Å². The van der Waals surface area contributed by atoms with Gasteiger partial charge in [-0.3, -0.25) is 4.68 Å². The molecule has 5 nitrogen and oxygen atoms in total. The number of rotatable bonds is 1. The van der Waals surface area contributed by atoms with Gasteiger partial charge < -0.3 is 15.2 Å². The lowest BCUT2D eigenvalue weighted by Gasteiger charge is -2.01. The molecule has 0 bridgehead atoms. The zero-order valence-corrected chi connectivity index (χ0v) is 9.11. The summed E-state index contributed by atoms with van der Waals surface area (Å²) >= 11 is 0. The highest BCUT2D eigenvalue weighted by Crippen LogP contribution is 2.37. The Balaban J connectivity index is 2.14. The normalized spacial score (nSPS) is 13.1. The minimum atomic E-state index is -0.410. The summed E-state index contributed by atoms with van der Waals surface area (Å²) in [6.45, 7) is 0.114. The lowest BCUT2D eigenvalue weighted by molar-refractivity contribution is 0.174. The third-order valence-corrected chi connectivity index (χ3v) is 2.65. The van der Waals surface area contributed by atoms with Crippen LogP contribution in [-0.2, 0) is 7.05 Å². The van der Waals surface area contributed by atoms with Crippen molar-refractivity contribution >= 4 is 5.82 Å². The third kappa shape index (κ3) is 1.49. The van der Waals surface area contributed by atoms with Crippen molar-refractivity contribution in [3.63, 3.8) is 0 Å². The molecule has 6 heteroatoms. The number of hydrogen-bond acceptors (Lipinski definition) is 4. The summed E-state index contributed by atoms with van der Waals surface area (Å²) in [5.74, 6) is 0.991. The van der Waals surface area contributed by atoms with E-state index in [9.17, 15) is 4.39 Å². The number of aromatic nitrogens is 2. The molecule has 0 spiro atoms. The predicted octanol–water partition coefficient (Wildman–Crippen LogP) is 1.54. The molecule has 2 N–H and O–H groups in total. The van der Waals surface area contributed by atoms with E-state index in [1.807, 2.05) is 0 Å². The summed E-state index contributed by atoms with van der Waals surface area (Å²) < 4.78 is 25.6. The van der Waals surface area contributed by atoms with Crippen LogP contribution in [0.25, 0.3) is 11.3 Å². The first-order valence-corrected chi connectivity index (χ1v) is 5.04. The lowest BCUT2D eigenvalue weighted by Crippen LogP contribution is -1.96. The Hall–Kier alpha value is -2.24. The van der Waals surface area contributed by atoms with E-state index in [4.69, 9.17) is 15.2 Å². The number of nitrogens with zero attached hydrogens (tertiary/aromatic N) is 2. The third-order valence-electron chi connectivity index (χ3n) is 2.65. The second kappa shape index (κ2) is 3.38. The van der Waals surface area contributed by atoms with Gasteiger partial charge in [-0.25, -0.2) is 4.39 Å². The largest absolute Gasteiger partial charge is 0.454 e. The summed E-state index contributed by atoms with van der Waals surface area (Å²) in [5.41, 5.74) is 6.48. The van der Waals surface area contributed by atoms with Crippen LogP contribution in [-0.4, -0.2) is 16.6 Å². The molecule has 1 aromatic heterocycles. The topological polar surface area (TPSA) is 62.3 Å². The minimum absolute atomic E-state index is 0.114. The van der Waals surface area contributed by atoms with Crippen LogP contribution in [0.1, 0.15) is 0 Å². The van der Waals surface area contributed by atoms with Gasteiger partial charge in [-0.15, -0.1) is 0 Å². The molecule has 2 aromatic rings. The molecule has 0 radical (unpaired) electrons. The Bertz CT molecular complexity index is 575. The van der Waals surface area contributed by atoms with Crippen LogP contribution >= 0.6 is 0 Å². The molecular formula is C11H10FN3O2. The van der Waals surface area contributed by atoms with E-state index < -0.39 is 5.82 Å². The highest BCUT2D eigenvalue weighted by molar-refractivity contribution is 5.67. The van der Waals surface area contributed by atoms with Gasteiger partial charge in [0, 0.05) is 24.7 Å². The second-order valence-electron chi connectivity index (χ2n) is 3.76. The zero-order chi connectivity index (χ0) is 12.0. The van der Waals surface area contributed by atoms with Crippen LogP contribution in [0.15, 0.2) is 18.2 Å². The fraction of sp³-hybridized carbons (Fsp3) is 0.182. The van der Waals surface area contributed by atoms with E-state index in [-0.39, 0.29) is 6.79 Å². The summed E-state index contributed by atoms with van der Waals surface area (Å²) in [6.07, 6.45) is 0. The van der Waals surface area contributed by atoms with Crippen molar-refractivity contribution in [3.05, 3.63) is 24.0 Å². The number of aryl methyl sites for hydroxylation is 1. The van der Waals surface area contributed by atoms with Crippen LogP contribution in [0.3, 0.4) is 0 Å².